The van der Waals surface area contributed by atoms with Crippen molar-refractivity contribution in [2.24, 2.45) is 0 Å². The fraction of sp³-hybridized carbons (Fsp3) is 0.818. The number of ether oxygens (including phenoxy) is 1. The third-order valence-corrected chi connectivity index (χ3v) is 3.81. The van der Waals surface area contributed by atoms with Crippen LogP contribution >= 0.6 is 0 Å². The molecule has 0 amide bonds. The molecular weight excluding hydrogens is 192 g/mol. The zero-order chi connectivity index (χ0) is 10.9. The summed E-state index contributed by atoms with van der Waals surface area (Å²) in [5.74, 6) is 0. The summed E-state index contributed by atoms with van der Waals surface area (Å²) >= 11 is 0. The molecule has 0 heterocycles. The second kappa shape index (κ2) is 8.06. The van der Waals surface area contributed by atoms with E-state index < -0.39 is 8.32 Å². The highest BCUT2D eigenvalue weighted by Gasteiger charge is 2.21. The van der Waals surface area contributed by atoms with E-state index in [1.807, 2.05) is 13.2 Å². The molecule has 0 aliphatic heterocycles. The first-order valence-electron chi connectivity index (χ1n) is 5.53. The Balaban J connectivity index is 3.46. The average Bonchev–Trinajstić information content (AvgIpc) is 2.11. The highest BCUT2D eigenvalue weighted by molar-refractivity contribution is 6.71. The maximum atomic E-state index is 5.64. The van der Waals surface area contributed by atoms with Crippen LogP contribution in [-0.4, -0.2) is 21.2 Å². The molecular formula is C11H24O2Si. The Morgan fingerprint density at radius 3 is 2.50 bits per heavy atom. The third-order valence-electron chi connectivity index (χ3n) is 1.88. The zero-order valence-corrected chi connectivity index (χ0v) is 11.0. The topological polar surface area (TPSA) is 18.5 Å². The third kappa shape index (κ3) is 8.32. The molecule has 0 aromatic carbocycles. The molecule has 0 bridgehead atoms. The van der Waals surface area contributed by atoms with Gasteiger partial charge >= 0.3 is 0 Å². The lowest BCUT2D eigenvalue weighted by atomic mass is 10.2. The molecule has 0 unspecified atom stereocenters. The van der Waals surface area contributed by atoms with Gasteiger partial charge in [-0.1, -0.05) is 13.3 Å². The van der Waals surface area contributed by atoms with E-state index in [4.69, 9.17) is 9.16 Å². The second-order valence-corrected chi connectivity index (χ2v) is 8.11. The standard InChI is InChI=1S/C11H24O2Si/c1-5-7-8-9-10-12-11-14(3,4)13-6-2/h9-10H,5-8,11H2,1-4H3. The average molecular weight is 216 g/mol. The van der Waals surface area contributed by atoms with Crippen LogP contribution in [0.25, 0.3) is 0 Å². The molecule has 0 aromatic heterocycles. The Kier molecular flexibility index (Phi) is 7.90. The smallest absolute Gasteiger partial charge is 0.224 e. The van der Waals surface area contributed by atoms with Crippen LogP contribution in [0.3, 0.4) is 0 Å². The fourth-order valence-corrected chi connectivity index (χ4v) is 2.50. The molecule has 2 nitrogen and oxygen atoms in total. The van der Waals surface area contributed by atoms with E-state index in [0.29, 0.717) is 0 Å². The largest absolute Gasteiger partial charge is 0.502 e. The molecule has 0 rings (SSSR count). The highest BCUT2D eigenvalue weighted by atomic mass is 28.4. The van der Waals surface area contributed by atoms with Crippen LogP contribution in [0.2, 0.25) is 13.1 Å². The van der Waals surface area contributed by atoms with E-state index in [-0.39, 0.29) is 0 Å². The molecule has 84 valence electrons. The van der Waals surface area contributed by atoms with E-state index in [1.54, 1.807) is 0 Å². The maximum absolute atomic E-state index is 5.64. The summed E-state index contributed by atoms with van der Waals surface area (Å²) in [5, 5.41) is 0. The summed E-state index contributed by atoms with van der Waals surface area (Å²) in [6, 6.07) is 0. The first-order valence-corrected chi connectivity index (χ1v) is 8.64. The number of unbranched alkanes of at least 4 members (excludes halogenated alkanes) is 2. The lowest BCUT2D eigenvalue weighted by Gasteiger charge is -2.20. The van der Waals surface area contributed by atoms with Crippen molar-refractivity contribution >= 4 is 8.32 Å². The minimum absolute atomic E-state index is 0.753. The molecule has 0 fully saturated rings. The number of hydrogen-bond acceptors (Lipinski definition) is 2. The molecule has 0 aromatic rings. The van der Waals surface area contributed by atoms with Crippen LogP contribution in [0.4, 0.5) is 0 Å². The van der Waals surface area contributed by atoms with Gasteiger partial charge in [-0.2, -0.15) is 0 Å². The van der Waals surface area contributed by atoms with E-state index in [2.05, 4.69) is 26.1 Å². The van der Waals surface area contributed by atoms with Gasteiger partial charge in [0.05, 0.1) is 6.26 Å². The van der Waals surface area contributed by atoms with Gasteiger partial charge in [-0.05, 0) is 38.9 Å². The minimum Gasteiger partial charge on any atom is -0.502 e. The second-order valence-electron chi connectivity index (χ2n) is 4.02. The van der Waals surface area contributed by atoms with E-state index in [0.717, 1.165) is 19.3 Å². The van der Waals surface area contributed by atoms with E-state index >= 15 is 0 Å². The van der Waals surface area contributed by atoms with Crippen molar-refractivity contribution in [3.05, 3.63) is 12.3 Å². The molecule has 0 saturated carbocycles. The van der Waals surface area contributed by atoms with Crippen LogP contribution in [0.5, 0.6) is 0 Å². The summed E-state index contributed by atoms with van der Waals surface area (Å²) in [6.45, 7) is 9.38. The summed E-state index contributed by atoms with van der Waals surface area (Å²) < 4.78 is 11.1. The van der Waals surface area contributed by atoms with Gasteiger partial charge in [-0.15, -0.1) is 0 Å². The van der Waals surface area contributed by atoms with Crippen molar-refractivity contribution in [3.8, 4) is 0 Å². The molecule has 0 radical (unpaired) electrons. The van der Waals surface area contributed by atoms with Gasteiger partial charge in [0, 0.05) is 6.61 Å². The van der Waals surface area contributed by atoms with Crippen LogP contribution in [0.15, 0.2) is 12.3 Å². The van der Waals surface area contributed by atoms with Gasteiger partial charge in [0.2, 0.25) is 8.32 Å². The van der Waals surface area contributed by atoms with E-state index in [1.165, 1.54) is 12.8 Å². The molecule has 14 heavy (non-hydrogen) atoms. The molecule has 0 saturated heterocycles. The van der Waals surface area contributed by atoms with Gasteiger partial charge in [0.25, 0.3) is 0 Å². The van der Waals surface area contributed by atoms with E-state index in [9.17, 15) is 0 Å². The number of rotatable bonds is 8. The van der Waals surface area contributed by atoms with Gasteiger partial charge < -0.3 is 9.16 Å². The van der Waals surface area contributed by atoms with Crippen molar-refractivity contribution in [1.29, 1.82) is 0 Å². The summed E-state index contributed by atoms with van der Waals surface area (Å²) in [7, 11) is -1.55. The van der Waals surface area contributed by atoms with Crippen LogP contribution in [0, 0.1) is 0 Å². The van der Waals surface area contributed by atoms with Crippen LogP contribution < -0.4 is 0 Å². The zero-order valence-electron chi connectivity index (χ0n) is 10.0. The Morgan fingerprint density at radius 1 is 1.21 bits per heavy atom. The summed E-state index contributed by atoms with van der Waals surface area (Å²) in [6.07, 6.45) is 8.27. The Bertz CT molecular complexity index is 155. The molecule has 0 atom stereocenters. The van der Waals surface area contributed by atoms with Crippen molar-refractivity contribution < 1.29 is 9.16 Å². The first-order chi connectivity index (χ1) is 6.62. The van der Waals surface area contributed by atoms with Gasteiger partial charge in [0.1, 0.15) is 6.23 Å². The van der Waals surface area contributed by atoms with Crippen molar-refractivity contribution in [2.75, 3.05) is 12.8 Å². The maximum Gasteiger partial charge on any atom is 0.224 e. The van der Waals surface area contributed by atoms with Crippen molar-refractivity contribution in [3.63, 3.8) is 0 Å². The Hall–Kier alpha value is -0.283. The lowest BCUT2D eigenvalue weighted by molar-refractivity contribution is 0.250. The molecule has 0 aliphatic rings. The molecule has 0 N–H and O–H groups in total. The predicted molar refractivity (Wildman–Crippen MR) is 63.7 cm³/mol. The Morgan fingerprint density at radius 2 is 1.93 bits per heavy atom. The van der Waals surface area contributed by atoms with Crippen molar-refractivity contribution in [1.82, 2.24) is 0 Å². The summed E-state index contributed by atoms with van der Waals surface area (Å²) in [4.78, 5) is 0. The van der Waals surface area contributed by atoms with Gasteiger partial charge in [-0.3, -0.25) is 0 Å². The monoisotopic (exact) mass is 216 g/mol. The lowest BCUT2D eigenvalue weighted by Crippen LogP contribution is -2.36. The highest BCUT2D eigenvalue weighted by Crippen LogP contribution is 2.05. The Labute approximate surface area is 89.4 Å². The van der Waals surface area contributed by atoms with Gasteiger partial charge in [-0.25, -0.2) is 0 Å². The molecule has 0 spiro atoms. The van der Waals surface area contributed by atoms with Crippen molar-refractivity contribution in [2.45, 2.75) is 46.2 Å². The first kappa shape index (κ1) is 13.7. The molecule has 0 aliphatic carbocycles. The van der Waals surface area contributed by atoms with Gasteiger partial charge in [0.15, 0.2) is 0 Å². The number of allylic oxidation sites excluding steroid dienone is 1. The molecule has 3 heteroatoms. The minimum atomic E-state index is -1.55. The van der Waals surface area contributed by atoms with Crippen LogP contribution in [0.1, 0.15) is 33.1 Å². The number of hydrogen-bond donors (Lipinski definition) is 0. The normalized spacial score (nSPS) is 12.3. The fourth-order valence-electron chi connectivity index (χ4n) is 1.14. The van der Waals surface area contributed by atoms with Crippen LogP contribution in [-0.2, 0) is 9.16 Å². The SMILES string of the molecule is CCCCC=COC[Si](C)(C)OCC. The quantitative estimate of drug-likeness (QED) is 0.351. The summed E-state index contributed by atoms with van der Waals surface area (Å²) in [5.41, 5.74) is 0. The predicted octanol–water partition coefficient (Wildman–Crippen LogP) is 3.49.